The van der Waals surface area contributed by atoms with Crippen molar-refractivity contribution in [3.8, 4) is 5.75 Å². The summed E-state index contributed by atoms with van der Waals surface area (Å²) in [6, 6.07) is 14.2. The predicted octanol–water partition coefficient (Wildman–Crippen LogP) is 7.79. The van der Waals surface area contributed by atoms with E-state index in [0.717, 1.165) is 18.9 Å². The summed E-state index contributed by atoms with van der Waals surface area (Å²) in [6.07, 6.45) is 9.38. The lowest BCUT2D eigenvalue weighted by Crippen LogP contribution is -2.28. The van der Waals surface area contributed by atoms with Crippen LogP contribution < -0.4 is 10.1 Å². The fraction of sp³-hybridized carbons (Fsp3) is 0.485. The van der Waals surface area contributed by atoms with E-state index in [9.17, 15) is 14.4 Å². The molecule has 218 valence electrons. The van der Waals surface area contributed by atoms with Gasteiger partial charge in [0.15, 0.2) is 5.75 Å². The zero-order valence-electron chi connectivity index (χ0n) is 25.1. The molecular formula is C33H45NO6. The van der Waals surface area contributed by atoms with Gasteiger partial charge in [0.25, 0.3) is 5.91 Å². The van der Waals surface area contributed by atoms with E-state index in [1.807, 2.05) is 12.1 Å². The van der Waals surface area contributed by atoms with Crippen molar-refractivity contribution < 1.29 is 28.6 Å². The van der Waals surface area contributed by atoms with Crippen LogP contribution in [0.2, 0.25) is 0 Å². The first kappa shape index (κ1) is 32.6. The third-order valence-corrected chi connectivity index (χ3v) is 5.65. The molecule has 7 heteroatoms. The summed E-state index contributed by atoms with van der Waals surface area (Å²) in [4.78, 5) is 38.4. The molecule has 0 unspecified atom stereocenters. The van der Waals surface area contributed by atoms with Gasteiger partial charge in [0, 0.05) is 5.56 Å². The number of unbranched alkanes of at least 4 members (excludes halogenated alkanes) is 5. The van der Waals surface area contributed by atoms with Gasteiger partial charge in [-0.2, -0.15) is 0 Å². The van der Waals surface area contributed by atoms with Gasteiger partial charge in [-0.25, -0.2) is 9.59 Å². The molecule has 0 aliphatic heterocycles. The van der Waals surface area contributed by atoms with Crippen molar-refractivity contribution in [3.05, 3.63) is 71.5 Å². The third kappa shape index (κ3) is 12.5. The molecule has 1 N–H and O–H groups in total. The van der Waals surface area contributed by atoms with Crippen molar-refractivity contribution in [2.24, 2.45) is 0 Å². The Bertz CT molecular complexity index is 1150. The van der Waals surface area contributed by atoms with Crippen molar-refractivity contribution >= 4 is 23.5 Å². The van der Waals surface area contributed by atoms with Gasteiger partial charge in [-0.15, -0.1) is 0 Å². The molecule has 2 rings (SSSR count). The number of carbonyl (C=O) groups excluding carboxylic acids is 3. The van der Waals surface area contributed by atoms with Crippen LogP contribution >= 0.6 is 0 Å². The van der Waals surface area contributed by atoms with Crippen molar-refractivity contribution in [2.45, 2.75) is 105 Å². The molecule has 7 nitrogen and oxygen atoms in total. The minimum Gasteiger partial charge on any atom is -0.457 e. The number of carbonyl (C=O) groups is 3. The molecule has 0 aliphatic carbocycles. The van der Waals surface area contributed by atoms with Gasteiger partial charge < -0.3 is 19.5 Å². The van der Waals surface area contributed by atoms with E-state index >= 15 is 0 Å². The lowest BCUT2D eigenvalue weighted by Gasteiger charge is -2.22. The number of para-hydroxylation sites is 2. The van der Waals surface area contributed by atoms with E-state index in [4.69, 9.17) is 14.2 Å². The lowest BCUT2D eigenvalue weighted by molar-refractivity contribution is -0.154. The first-order chi connectivity index (χ1) is 18.8. The lowest BCUT2D eigenvalue weighted by atomic mass is 10.0. The number of esters is 2. The van der Waals surface area contributed by atoms with Crippen molar-refractivity contribution in [1.29, 1.82) is 0 Å². The van der Waals surface area contributed by atoms with E-state index in [2.05, 4.69) is 12.2 Å². The summed E-state index contributed by atoms with van der Waals surface area (Å²) < 4.78 is 16.6. The quantitative estimate of drug-likeness (QED) is 0.118. The van der Waals surface area contributed by atoms with Crippen LogP contribution in [0.15, 0.2) is 60.4 Å². The average Bonchev–Trinajstić information content (AvgIpc) is 2.85. The number of anilines is 1. The van der Waals surface area contributed by atoms with E-state index in [0.29, 0.717) is 11.3 Å². The number of aryl methyl sites for hydroxylation is 1. The van der Waals surface area contributed by atoms with E-state index in [1.165, 1.54) is 37.7 Å². The Kier molecular flexibility index (Phi) is 12.4. The first-order valence-electron chi connectivity index (χ1n) is 14.1. The van der Waals surface area contributed by atoms with Crippen LogP contribution in [0.1, 0.15) is 103 Å². The summed E-state index contributed by atoms with van der Waals surface area (Å²) in [5.41, 5.74) is 0.455. The Balaban J connectivity index is 2.14. The molecule has 0 spiro atoms. The molecule has 0 aromatic heterocycles. The second-order valence-electron chi connectivity index (χ2n) is 11.8. The maximum atomic E-state index is 13.0. The van der Waals surface area contributed by atoms with Crippen LogP contribution in [-0.2, 0) is 25.5 Å². The van der Waals surface area contributed by atoms with Crippen LogP contribution in [-0.4, -0.2) is 29.0 Å². The second kappa shape index (κ2) is 15.2. The fourth-order valence-corrected chi connectivity index (χ4v) is 3.80. The molecule has 0 atom stereocenters. The molecule has 2 aromatic carbocycles. The minimum absolute atomic E-state index is 0.177. The topological polar surface area (TPSA) is 90.9 Å². The van der Waals surface area contributed by atoms with Crippen molar-refractivity contribution in [1.82, 2.24) is 0 Å². The summed E-state index contributed by atoms with van der Waals surface area (Å²) in [5.74, 6) is -2.09. The minimum atomic E-state index is -0.833. The number of hydrogen-bond acceptors (Lipinski definition) is 6. The number of nitrogens with one attached hydrogen (secondary N) is 1. The molecule has 0 aliphatic rings. The van der Waals surface area contributed by atoms with Gasteiger partial charge in [0.05, 0.1) is 11.8 Å². The van der Waals surface area contributed by atoms with Crippen LogP contribution in [0.25, 0.3) is 0 Å². The highest BCUT2D eigenvalue weighted by Gasteiger charge is 2.25. The highest BCUT2D eigenvalue weighted by Crippen LogP contribution is 2.27. The normalized spacial score (nSPS) is 12.0. The standard InChI is InChI=1S/C33H45NO6/c1-8-9-10-11-12-13-16-24-19-21-25(22-20-24)30(36)34-26-17-14-15-18-27(26)38-28(31(37)40-33(5,6)7)23-29(35)39-32(2,3)4/h14-15,17-23H,8-13,16H2,1-7H3,(H,34,36)/b28-23+. The van der Waals surface area contributed by atoms with E-state index in [1.54, 1.807) is 77.9 Å². The number of ether oxygens (including phenoxy) is 3. The largest absolute Gasteiger partial charge is 0.457 e. The molecule has 0 bridgehead atoms. The maximum absolute atomic E-state index is 13.0. The van der Waals surface area contributed by atoms with Crippen molar-refractivity contribution in [2.75, 3.05) is 5.32 Å². The van der Waals surface area contributed by atoms with Crippen LogP contribution in [0, 0.1) is 0 Å². The predicted molar refractivity (Wildman–Crippen MR) is 158 cm³/mol. The molecule has 0 radical (unpaired) electrons. The Morgan fingerprint density at radius 1 is 0.775 bits per heavy atom. The molecule has 0 heterocycles. The summed E-state index contributed by atoms with van der Waals surface area (Å²) in [5, 5.41) is 2.84. The summed E-state index contributed by atoms with van der Waals surface area (Å²) in [6.45, 7) is 12.5. The molecule has 40 heavy (non-hydrogen) atoms. The zero-order valence-corrected chi connectivity index (χ0v) is 25.1. The Morgan fingerprint density at radius 3 is 2.00 bits per heavy atom. The SMILES string of the molecule is CCCCCCCCc1ccc(C(=O)Nc2ccccc2O/C(=C/C(=O)OC(C)(C)C)C(=O)OC(C)(C)C)cc1. The van der Waals surface area contributed by atoms with Gasteiger partial charge in [0.2, 0.25) is 5.76 Å². The van der Waals surface area contributed by atoms with Crippen LogP contribution in [0.4, 0.5) is 5.69 Å². The average molecular weight is 552 g/mol. The third-order valence-electron chi connectivity index (χ3n) is 5.65. The highest BCUT2D eigenvalue weighted by molar-refractivity contribution is 6.05. The van der Waals surface area contributed by atoms with Gasteiger partial charge in [-0.05, 0) is 84.2 Å². The van der Waals surface area contributed by atoms with Crippen molar-refractivity contribution in [3.63, 3.8) is 0 Å². The highest BCUT2D eigenvalue weighted by atomic mass is 16.6. The van der Waals surface area contributed by atoms with Gasteiger partial charge in [-0.3, -0.25) is 4.79 Å². The molecule has 0 saturated carbocycles. The second-order valence-corrected chi connectivity index (χ2v) is 11.8. The van der Waals surface area contributed by atoms with Gasteiger partial charge in [-0.1, -0.05) is 63.3 Å². The Labute approximate surface area is 239 Å². The molecule has 2 aromatic rings. The maximum Gasteiger partial charge on any atom is 0.375 e. The number of hydrogen-bond donors (Lipinski definition) is 1. The van der Waals surface area contributed by atoms with Crippen LogP contribution in [0.3, 0.4) is 0 Å². The molecule has 1 amide bonds. The first-order valence-corrected chi connectivity index (χ1v) is 14.1. The molecule has 0 fully saturated rings. The van der Waals surface area contributed by atoms with Gasteiger partial charge in [0.1, 0.15) is 11.2 Å². The number of rotatable bonds is 13. The zero-order chi connectivity index (χ0) is 29.8. The summed E-state index contributed by atoms with van der Waals surface area (Å²) >= 11 is 0. The van der Waals surface area contributed by atoms with E-state index < -0.39 is 23.1 Å². The molecule has 0 saturated heterocycles. The fourth-order valence-electron chi connectivity index (χ4n) is 3.80. The number of amides is 1. The monoisotopic (exact) mass is 551 g/mol. The Morgan fingerprint density at radius 2 is 1.38 bits per heavy atom. The number of benzene rings is 2. The molecular weight excluding hydrogens is 506 g/mol. The van der Waals surface area contributed by atoms with E-state index in [-0.39, 0.29) is 17.4 Å². The Hall–Kier alpha value is -3.61. The van der Waals surface area contributed by atoms with Crippen LogP contribution in [0.5, 0.6) is 5.75 Å². The smallest absolute Gasteiger partial charge is 0.375 e. The summed E-state index contributed by atoms with van der Waals surface area (Å²) in [7, 11) is 0. The van der Waals surface area contributed by atoms with Gasteiger partial charge >= 0.3 is 11.9 Å².